The van der Waals surface area contributed by atoms with Gasteiger partial charge in [-0.05, 0) is 35.2 Å². The van der Waals surface area contributed by atoms with Crippen LogP contribution in [0.3, 0.4) is 0 Å². The van der Waals surface area contributed by atoms with Gasteiger partial charge in [0.25, 0.3) is 0 Å². The van der Waals surface area contributed by atoms with Crippen LogP contribution < -0.4 is 5.73 Å². The fraction of sp³-hybridized carbons (Fsp3) is 0.200. The van der Waals surface area contributed by atoms with E-state index in [1.807, 2.05) is 24.3 Å². The van der Waals surface area contributed by atoms with Gasteiger partial charge < -0.3 is 10.8 Å². The van der Waals surface area contributed by atoms with E-state index in [4.69, 9.17) is 10.8 Å². The van der Waals surface area contributed by atoms with Crippen molar-refractivity contribution >= 4 is 12.4 Å². The lowest BCUT2D eigenvalue weighted by Crippen LogP contribution is -2.27. The molecule has 19 heavy (non-hydrogen) atoms. The largest absolute Gasteiger partial charge is 0.395 e. The van der Waals surface area contributed by atoms with Crippen LogP contribution in [-0.4, -0.2) is 17.8 Å². The van der Waals surface area contributed by atoms with E-state index in [1.165, 1.54) is 12.1 Å². The standard InChI is InChI=1S/C15H16FNO.ClH/c16-13-7-5-11(6-8-13)15-4-2-1-3-12(15)9-14(17)10-18;/h1-8,14,18H,9-10,17H2;1H. The van der Waals surface area contributed by atoms with Gasteiger partial charge >= 0.3 is 0 Å². The zero-order valence-corrected chi connectivity index (χ0v) is 11.2. The molecule has 1 atom stereocenters. The molecule has 2 rings (SSSR count). The number of rotatable bonds is 4. The van der Waals surface area contributed by atoms with Crippen molar-refractivity contribution in [1.29, 1.82) is 0 Å². The van der Waals surface area contributed by atoms with Crippen molar-refractivity contribution < 1.29 is 9.50 Å². The quantitative estimate of drug-likeness (QED) is 0.905. The number of benzene rings is 2. The number of nitrogens with two attached hydrogens (primary N) is 1. The molecule has 1 unspecified atom stereocenters. The highest BCUT2D eigenvalue weighted by atomic mass is 35.5. The van der Waals surface area contributed by atoms with Crippen LogP contribution in [0.1, 0.15) is 5.56 Å². The molecule has 0 aliphatic rings. The van der Waals surface area contributed by atoms with Crippen LogP contribution >= 0.6 is 12.4 Å². The van der Waals surface area contributed by atoms with Crippen LogP contribution in [0.4, 0.5) is 4.39 Å². The molecule has 0 bridgehead atoms. The van der Waals surface area contributed by atoms with E-state index >= 15 is 0 Å². The first-order valence-electron chi connectivity index (χ1n) is 5.91. The number of halogens is 2. The van der Waals surface area contributed by atoms with Crippen molar-refractivity contribution in [3.8, 4) is 11.1 Å². The molecule has 2 aromatic rings. The fourth-order valence-corrected chi connectivity index (χ4v) is 1.96. The van der Waals surface area contributed by atoms with Crippen molar-refractivity contribution in [1.82, 2.24) is 0 Å². The molecule has 3 N–H and O–H groups in total. The monoisotopic (exact) mass is 281 g/mol. The van der Waals surface area contributed by atoms with E-state index in [0.717, 1.165) is 16.7 Å². The lowest BCUT2D eigenvalue weighted by atomic mass is 9.95. The molecule has 2 nitrogen and oxygen atoms in total. The summed E-state index contributed by atoms with van der Waals surface area (Å²) in [4.78, 5) is 0. The first-order valence-corrected chi connectivity index (χ1v) is 5.91. The fourth-order valence-electron chi connectivity index (χ4n) is 1.96. The molecule has 102 valence electrons. The highest BCUT2D eigenvalue weighted by molar-refractivity contribution is 5.85. The Balaban J connectivity index is 0.00000180. The van der Waals surface area contributed by atoms with E-state index in [2.05, 4.69) is 0 Å². The van der Waals surface area contributed by atoms with Gasteiger partial charge in [-0.2, -0.15) is 0 Å². The van der Waals surface area contributed by atoms with Gasteiger partial charge in [0, 0.05) is 6.04 Å². The lowest BCUT2D eigenvalue weighted by molar-refractivity contribution is 0.265. The molecule has 0 aromatic heterocycles. The molecular formula is C15H17ClFNO. The Kier molecular flexibility index (Phi) is 5.96. The van der Waals surface area contributed by atoms with E-state index in [-0.39, 0.29) is 30.9 Å². The zero-order chi connectivity index (χ0) is 13.0. The maximum Gasteiger partial charge on any atom is 0.123 e. The molecule has 0 saturated carbocycles. The number of hydrogen-bond acceptors (Lipinski definition) is 2. The van der Waals surface area contributed by atoms with Gasteiger partial charge in [0.15, 0.2) is 0 Å². The normalized spacial score (nSPS) is 11.7. The molecule has 0 aliphatic carbocycles. The Morgan fingerprint density at radius 1 is 1.05 bits per heavy atom. The minimum Gasteiger partial charge on any atom is -0.395 e. The van der Waals surface area contributed by atoms with Crippen LogP contribution in [0.5, 0.6) is 0 Å². The smallest absolute Gasteiger partial charge is 0.123 e. The number of hydrogen-bond donors (Lipinski definition) is 2. The van der Waals surface area contributed by atoms with Gasteiger partial charge in [-0.1, -0.05) is 36.4 Å². The summed E-state index contributed by atoms with van der Waals surface area (Å²) in [5.74, 6) is -0.247. The van der Waals surface area contributed by atoms with E-state index < -0.39 is 0 Å². The maximum atomic E-state index is 12.9. The van der Waals surface area contributed by atoms with E-state index in [9.17, 15) is 4.39 Å². The molecular weight excluding hydrogens is 265 g/mol. The Morgan fingerprint density at radius 2 is 1.68 bits per heavy atom. The van der Waals surface area contributed by atoms with Crippen LogP contribution in [0, 0.1) is 5.82 Å². The highest BCUT2D eigenvalue weighted by Gasteiger charge is 2.08. The molecule has 2 aromatic carbocycles. The summed E-state index contributed by atoms with van der Waals surface area (Å²) in [7, 11) is 0. The molecule has 0 fully saturated rings. The molecule has 0 spiro atoms. The third kappa shape index (κ3) is 4.03. The summed E-state index contributed by atoms with van der Waals surface area (Å²) in [6, 6.07) is 13.9. The minimum atomic E-state index is -0.272. The topological polar surface area (TPSA) is 46.2 Å². The first kappa shape index (κ1) is 15.6. The number of aliphatic hydroxyl groups is 1. The van der Waals surface area contributed by atoms with Gasteiger partial charge in [-0.15, -0.1) is 12.4 Å². The lowest BCUT2D eigenvalue weighted by Gasteiger charge is -2.13. The van der Waals surface area contributed by atoms with Crippen molar-refractivity contribution in [2.24, 2.45) is 5.73 Å². The van der Waals surface area contributed by atoms with Gasteiger partial charge in [-0.3, -0.25) is 0 Å². The predicted octanol–water partition coefficient (Wildman–Crippen LogP) is 2.78. The predicted molar refractivity (Wildman–Crippen MR) is 77.8 cm³/mol. The second kappa shape index (κ2) is 7.24. The molecule has 0 heterocycles. The summed E-state index contributed by atoms with van der Waals surface area (Å²) in [5.41, 5.74) is 8.81. The zero-order valence-electron chi connectivity index (χ0n) is 10.4. The first-order chi connectivity index (χ1) is 8.70. The number of aliphatic hydroxyl groups excluding tert-OH is 1. The molecule has 4 heteroatoms. The van der Waals surface area contributed by atoms with Crippen LogP contribution in [0.2, 0.25) is 0 Å². The van der Waals surface area contributed by atoms with Crippen LogP contribution in [0.25, 0.3) is 11.1 Å². The highest BCUT2D eigenvalue weighted by Crippen LogP contribution is 2.24. The SMILES string of the molecule is Cl.NC(CO)Cc1ccccc1-c1ccc(F)cc1. The Morgan fingerprint density at radius 3 is 2.32 bits per heavy atom. The molecule has 0 aliphatic heterocycles. The third-order valence-electron chi connectivity index (χ3n) is 2.89. The van der Waals surface area contributed by atoms with Crippen molar-refractivity contribution in [3.63, 3.8) is 0 Å². The summed E-state index contributed by atoms with van der Waals surface area (Å²) in [6.45, 7) is -0.0439. The minimum absolute atomic E-state index is 0. The van der Waals surface area contributed by atoms with E-state index in [0.29, 0.717) is 6.42 Å². The van der Waals surface area contributed by atoms with Crippen molar-refractivity contribution in [2.75, 3.05) is 6.61 Å². The summed E-state index contributed by atoms with van der Waals surface area (Å²) in [5, 5.41) is 9.02. The third-order valence-corrected chi connectivity index (χ3v) is 2.89. The Bertz CT molecular complexity index is 516. The van der Waals surface area contributed by atoms with Gasteiger partial charge in [0.1, 0.15) is 5.82 Å². The summed E-state index contributed by atoms with van der Waals surface area (Å²) in [6.07, 6.45) is 0.601. The maximum absolute atomic E-state index is 12.9. The van der Waals surface area contributed by atoms with E-state index in [1.54, 1.807) is 12.1 Å². The van der Waals surface area contributed by atoms with Crippen LogP contribution in [0.15, 0.2) is 48.5 Å². The van der Waals surface area contributed by atoms with Crippen molar-refractivity contribution in [3.05, 3.63) is 59.9 Å². The average molecular weight is 282 g/mol. The molecule has 0 saturated heterocycles. The second-order valence-electron chi connectivity index (χ2n) is 4.31. The molecule has 0 radical (unpaired) electrons. The van der Waals surface area contributed by atoms with Crippen molar-refractivity contribution in [2.45, 2.75) is 12.5 Å². The molecule has 0 amide bonds. The van der Waals surface area contributed by atoms with Gasteiger partial charge in [-0.25, -0.2) is 4.39 Å². The summed E-state index contributed by atoms with van der Waals surface area (Å²) < 4.78 is 12.9. The average Bonchev–Trinajstić information content (AvgIpc) is 2.40. The van der Waals surface area contributed by atoms with Crippen LogP contribution in [-0.2, 0) is 6.42 Å². The van der Waals surface area contributed by atoms with Gasteiger partial charge in [0.05, 0.1) is 6.61 Å². The second-order valence-corrected chi connectivity index (χ2v) is 4.31. The Labute approximate surface area is 118 Å². The summed E-state index contributed by atoms with van der Waals surface area (Å²) >= 11 is 0. The van der Waals surface area contributed by atoms with Gasteiger partial charge in [0.2, 0.25) is 0 Å². The Hall–Kier alpha value is -1.42.